The number of rotatable bonds is 6. The van der Waals surface area contributed by atoms with Crippen molar-refractivity contribution in [3.8, 4) is 0 Å². The van der Waals surface area contributed by atoms with E-state index in [2.05, 4.69) is 9.47 Å². The largest absolute Gasteiger partial charge is 0.481 e. The van der Waals surface area contributed by atoms with Crippen molar-refractivity contribution in [2.45, 2.75) is 32.7 Å². The van der Waals surface area contributed by atoms with Crippen molar-refractivity contribution in [3.05, 3.63) is 0 Å². The number of carbonyl (C=O) groups excluding carboxylic acids is 2. The average molecular weight is 261 g/mol. The Labute approximate surface area is 105 Å². The summed E-state index contributed by atoms with van der Waals surface area (Å²) < 4.78 is 9.18. The molecule has 0 amide bonds. The van der Waals surface area contributed by atoms with Crippen molar-refractivity contribution < 1.29 is 29.0 Å². The van der Waals surface area contributed by atoms with Gasteiger partial charge in [0.05, 0.1) is 25.6 Å². The highest BCUT2D eigenvalue weighted by molar-refractivity contribution is 5.93. The van der Waals surface area contributed by atoms with Crippen molar-refractivity contribution in [1.29, 1.82) is 0 Å². The molecule has 1 atom stereocenters. The zero-order valence-electron chi connectivity index (χ0n) is 11.0. The minimum absolute atomic E-state index is 0.115. The summed E-state index contributed by atoms with van der Waals surface area (Å²) in [4.78, 5) is 34.3. The highest BCUT2D eigenvalue weighted by Gasteiger charge is 2.55. The number of esters is 2. The van der Waals surface area contributed by atoms with E-state index >= 15 is 0 Å². The molecule has 18 heavy (non-hydrogen) atoms. The molecule has 0 rings (SSSR count). The maximum atomic E-state index is 11.7. The number of nitrogens with two attached hydrogens (primary N) is 1. The predicted molar refractivity (Wildman–Crippen MR) is 61.6 cm³/mol. The number of carbonyl (C=O) groups is 3. The van der Waals surface area contributed by atoms with Gasteiger partial charge in [0.15, 0.2) is 0 Å². The van der Waals surface area contributed by atoms with Gasteiger partial charge in [0.1, 0.15) is 5.54 Å². The minimum atomic E-state index is -1.99. The van der Waals surface area contributed by atoms with Crippen molar-refractivity contribution in [3.63, 3.8) is 0 Å². The topological polar surface area (TPSA) is 116 Å². The molecule has 0 aromatic heterocycles. The molecule has 3 N–H and O–H groups in total. The van der Waals surface area contributed by atoms with Crippen LogP contribution < -0.4 is 5.73 Å². The van der Waals surface area contributed by atoms with Crippen molar-refractivity contribution in [2.75, 3.05) is 13.7 Å². The zero-order valence-corrected chi connectivity index (χ0v) is 11.0. The number of ether oxygens (including phenoxy) is 2. The van der Waals surface area contributed by atoms with Crippen LogP contribution in [0, 0.1) is 5.41 Å². The molecule has 0 saturated carbocycles. The molecular formula is C11H19NO6. The second kappa shape index (κ2) is 5.81. The van der Waals surface area contributed by atoms with Gasteiger partial charge in [-0.05, 0) is 20.8 Å². The summed E-state index contributed by atoms with van der Waals surface area (Å²) in [5, 5.41) is 9.12. The van der Waals surface area contributed by atoms with Crippen LogP contribution in [-0.2, 0) is 23.9 Å². The predicted octanol–water partition coefficient (Wildman–Crippen LogP) is -0.0791. The van der Waals surface area contributed by atoms with Gasteiger partial charge in [-0.1, -0.05) is 0 Å². The fourth-order valence-corrected chi connectivity index (χ4v) is 1.36. The summed E-state index contributed by atoms with van der Waals surface area (Å²) in [6, 6.07) is 0. The smallest absolute Gasteiger partial charge is 0.327 e. The summed E-state index contributed by atoms with van der Waals surface area (Å²) in [6.07, 6.45) is -0.563. The second-order valence-electron chi connectivity index (χ2n) is 4.37. The van der Waals surface area contributed by atoms with Gasteiger partial charge in [-0.15, -0.1) is 0 Å². The molecule has 0 aliphatic rings. The lowest BCUT2D eigenvalue weighted by Crippen LogP contribution is -2.63. The van der Waals surface area contributed by atoms with Gasteiger partial charge in [0.2, 0.25) is 0 Å². The first-order valence-electron chi connectivity index (χ1n) is 5.39. The van der Waals surface area contributed by atoms with E-state index < -0.39 is 35.3 Å². The molecule has 0 bridgehead atoms. The number of carboxylic acids is 1. The Morgan fingerprint density at radius 1 is 1.28 bits per heavy atom. The summed E-state index contributed by atoms with van der Waals surface area (Å²) in [5.41, 5.74) is 2.15. The summed E-state index contributed by atoms with van der Waals surface area (Å²) in [6.45, 7) is 4.22. The van der Waals surface area contributed by atoms with Crippen molar-refractivity contribution >= 4 is 17.9 Å². The van der Waals surface area contributed by atoms with Crippen LogP contribution in [0.25, 0.3) is 0 Å². The number of carboxylic acid groups (broad SMARTS) is 1. The van der Waals surface area contributed by atoms with Crippen LogP contribution in [0.4, 0.5) is 0 Å². The van der Waals surface area contributed by atoms with Crippen LogP contribution >= 0.6 is 0 Å². The SMILES string of the molecule is CCOC(=O)CC(N)(C(=O)OC)C(C)(C)C(=O)O. The molecule has 0 heterocycles. The first-order valence-corrected chi connectivity index (χ1v) is 5.39. The molecular weight excluding hydrogens is 242 g/mol. The number of methoxy groups -OCH3 is 1. The average Bonchev–Trinajstić information content (AvgIpc) is 2.27. The second-order valence-corrected chi connectivity index (χ2v) is 4.37. The summed E-state index contributed by atoms with van der Waals surface area (Å²) in [7, 11) is 1.08. The molecule has 1 unspecified atom stereocenters. The normalized spacial score (nSPS) is 14.5. The van der Waals surface area contributed by atoms with Gasteiger partial charge in [0, 0.05) is 0 Å². The minimum Gasteiger partial charge on any atom is -0.481 e. The number of aliphatic carboxylic acids is 1. The number of hydrogen-bond acceptors (Lipinski definition) is 6. The van der Waals surface area contributed by atoms with Crippen molar-refractivity contribution in [2.24, 2.45) is 11.1 Å². The van der Waals surface area contributed by atoms with Crippen LogP contribution in [0.1, 0.15) is 27.2 Å². The van der Waals surface area contributed by atoms with E-state index in [1.807, 2.05) is 0 Å². The van der Waals surface area contributed by atoms with Gasteiger partial charge in [0.25, 0.3) is 0 Å². The maximum Gasteiger partial charge on any atom is 0.327 e. The first kappa shape index (κ1) is 16.4. The molecule has 0 aliphatic carbocycles. The van der Waals surface area contributed by atoms with E-state index in [0.717, 1.165) is 7.11 Å². The lowest BCUT2D eigenvalue weighted by atomic mass is 9.70. The van der Waals surface area contributed by atoms with E-state index in [0.29, 0.717) is 0 Å². The van der Waals surface area contributed by atoms with E-state index in [1.165, 1.54) is 13.8 Å². The van der Waals surface area contributed by atoms with Gasteiger partial charge in [-0.25, -0.2) is 0 Å². The molecule has 7 heteroatoms. The Bertz CT molecular complexity index is 351. The standard InChI is InChI=1S/C11H19NO6/c1-5-18-7(13)6-11(12,9(16)17-4)10(2,3)8(14)15/h5-6,12H2,1-4H3,(H,14,15). The fourth-order valence-electron chi connectivity index (χ4n) is 1.36. The highest BCUT2D eigenvalue weighted by atomic mass is 16.5. The Morgan fingerprint density at radius 2 is 1.78 bits per heavy atom. The Hall–Kier alpha value is -1.63. The van der Waals surface area contributed by atoms with Gasteiger partial charge in [-0.2, -0.15) is 0 Å². The van der Waals surface area contributed by atoms with Gasteiger partial charge >= 0.3 is 17.9 Å². The molecule has 104 valence electrons. The fraction of sp³-hybridized carbons (Fsp3) is 0.727. The first-order chi connectivity index (χ1) is 8.13. The van der Waals surface area contributed by atoms with Crippen molar-refractivity contribution in [1.82, 2.24) is 0 Å². The van der Waals surface area contributed by atoms with Crippen LogP contribution in [0.5, 0.6) is 0 Å². The van der Waals surface area contributed by atoms with E-state index in [1.54, 1.807) is 6.92 Å². The molecule has 0 saturated heterocycles. The Balaban J connectivity index is 5.39. The van der Waals surface area contributed by atoms with Crippen LogP contribution in [0.3, 0.4) is 0 Å². The van der Waals surface area contributed by atoms with E-state index in [4.69, 9.17) is 10.8 Å². The van der Waals surface area contributed by atoms with Crippen LogP contribution in [0.15, 0.2) is 0 Å². The zero-order chi connectivity index (χ0) is 14.6. The van der Waals surface area contributed by atoms with Crippen LogP contribution in [0.2, 0.25) is 0 Å². The molecule has 7 nitrogen and oxygen atoms in total. The Kier molecular flexibility index (Phi) is 5.29. The monoisotopic (exact) mass is 261 g/mol. The molecule has 0 radical (unpaired) electrons. The lowest BCUT2D eigenvalue weighted by molar-refractivity contribution is -0.168. The molecule has 0 aromatic carbocycles. The van der Waals surface area contributed by atoms with E-state index in [9.17, 15) is 14.4 Å². The van der Waals surface area contributed by atoms with Gasteiger partial charge < -0.3 is 20.3 Å². The molecule has 0 aromatic rings. The quantitative estimate of drug-likeness (QED) is 0.642. The molecule has 0 aliphatic heterocycles. The third-order valence-corrected chi connectivity index (χ3v) is 2.93. The van der Waals surface area contributed by atoms with Gasteiger partial charge in [-0.3, -0.25) is 14.4 Å². The Morgan fingerprint density at radius 3 is 2.11 bits per heavy atom. The van der Waals surface area contributed by atoms with E-state index in [-0.39, 0.29) is 6.61 Å². The molecule has 0 spiro atoms. The third-order valence-electron chi connectivity index (χ3n) is 2.93. The maximum absolute atomic E-state index is 11.7. The number of hydrogen-bond donors (Lipinski definition) is 2. The third kappa shape index (κ3) is 2.98. The van der Waals surface area contributed by atoms with Crippen LogP contribution in [-0.4, -0.2) is 42.3 Å². The summed E-state index contributed by atoms with van der Waals surface area (Å²) in [5.74, 6) is -3.03. The summed E-state index contributed by atoms with van der Waals surface area (Å²) >= 11 is 0. The molecule has 0 fully saturated rings. The lowest BCUT2D eigenvalue weighted by Gasteiger charge is -2.37. The highest BCUT2D eigenvalue weighted by Crippen LogP contribution is 2.33.